The predicted octanol–water partition coefficient (Wildman–Crippen LogP) is 6.83. The van der Waals surface area contributed by atoms with Crippen molar-refractivity contribution in [3.8, 4) is 0 Å². The summed E-state index contributed by atoms with van der Waals surface area (Å²) in [4.78, 5) is 13.1. The zero-order chi connectivity index (χ0) is 17.8. The molecule has 0 heterocycles. The normalized spacial score (nSPS) is 17.4. The third-order valence-electron chi connectivity index (χ3n) is 5.57. The van der Waals surface area contributed by atoms with E-state index in [0.717, 1.165) is 36.8 Å². The standard InChI is InChI=1S/C25H26O/c26-25(23-15-7-13-21(17-23)19-9-3-1-4-10-19)24-16-8-14-22(18-24)20-11-5-2-6-12-20/h7-9,11,13-18H,1-6,10,12H2. The molecule has 2 aromatic carbocycles. The van der Waals surface area contributed by atoms with Crippen LogP contribution in [0.25, 0.3) is 11.1 Å². The highest BCUT2D eigenvalue weighted by Gasteiger charge is 2.14. The number of hydrogen-bond donors (Lipinski definition) is 0. The average Bonchev–Trinajstić information content (AvgIpc) is 2.75. The molecule has 132 valence electrons. The predicted molar refractivity (Wildman–Crippen MR) is 109 cm³/mol. The Hall–Kier alpha value is -2.41. The van der Waals surface area contributed by atoms with Crippen LogP contribution in [-0.2, 0) is 0 Å². The second kappa shape index (κ2) is 7.86. The van der Waals surface area contributed by atoms with Crippen molar-refractivity contribution in [2.45, 2.75) is 51.4 Å². The van der Waals surface area contributed by atoms with Gasteiger partial charge in [-0.2, -0.15) is 0 Å². The summed E-state index contributed by atoms with van der Waals surface area (Å²) in [5.74, 6) is 0.126. The lowest BCUT2D eigenvalue weighted by atomic mass is 9.90. The summed E-state index contributed by atoms with van der Waals surface area (Å²) in [7, 11) is 0. The molecule has 0 atom stereocenters. The molecule has 0 N–H and O–H groups in total. The van der Waals surface area contributed by atoms with Crippen molar-refractivity contribution in [3.63, 3.8) is 0 Å². The maximum atomic E-state index is 13.1. The van der Waals surface area contributed by atoms with Gasteiger partial charge in [0.25, 0.3) is 0 Å². The highest BCUT2D eigenvalue weighted by molar-refractivity contribution is 6.09. The zero-order valence-corrected chi connectivity index (χ0v) is 15.3. The van der Waals surface area contributed by atoms with Crippen LogP contribution in [0, 0.1) is 0 Å². The van der Waals surface area contributed by atoms with Crippen LogP contribution >= 0.6 is 0 Å². The van der Waals surface area contributed by atoms with Gasteiger partial charge in [0, 0.05) is 11.1 Å². The van der Waals surface area contributed by atoms with Gasteiger partial charge in [0.05, 0.1) is 0 Å². The Morgan fingerprint density at radius 1 is 0.654 bits per heavy atom. The van der Waals surface area contributed by atoms with Gasteiger partial charge in [-0.05, 0) is 85.8 Å². The molecule has 0 bridgehead atoms. The van der Waals surface area contributed by atoms with E-state index in [-0.39, 0.29) is 5.78 Å². The van der Waals surface area contributed by atoms with Crippen molar-refractivity contribution < 1.29 is 4.79 Å². The molecule has 1 nitrogen and oxygen atoms in total. The van der Waals surface area contributed by atoms with Gasteiger partial charge in [-0.3, -0.25) is 4.79 Å². The summed E-state index contributed by atoms with van der Waals surface area (Å²) in [6.45, 7) is 0. The zero-order valence-electron chi connectivity index (χ0n) is 15.3. The first-order valence-corrected chi connectivity index (χ1v) is 9.95. The molecule has 2 aliphatic rings. The van der Waals surface area contributed by atoms with Crippen molar-refractivity contribution >= 4 is 16.9 Å². The number of ketones is 1. The Kier molecular flexibility index (Phi) is 5.15. The molecule has 2 aliphatic carbocycles. The maximum Gasteiger partial charge on any atom is 0.193 e. The highest BCUT2D eigenvalue weighted by Crippen LogP contribution is 2.29. The van der Waals surface area contributed by atoms with E-state index in [1.54, 1.807) is 0 Å². The van der Waals surface area contributed by atoms with Crippen LogP contribution < -0.4 is 0 Å². The lowest BCUT2D eigenvalue weighted by molar-refractivity contribution is 0.103. The minimum absolute atomic E-state index is 0.126. The van der Waals surface area contributed by atoms with Gasteiger partial charge in [0.2, 0.25) is 0 Å². The van der Waals surface area contributed by atoms with E-state index < -0.39 is 0 Å². The van der Waals surface area contributed by atoms with Crippen LogP contribution in [0.3, 0.4) is 0 Å². The third-order valence-corrected chi connectivity index (χ3v) is 5.57. The summed E-state index contributed by atoms with van der Waals surface area (Å²) in [5.41, 5.74) is 6.80. The Morgan fingerprint density at radius 3 is 1.58 bits per heavy atom. The maximum absolute atomic E-state index is 13.1. The molecule has 0 aliphatic heterocycles. The topological polar surface area (TPSA) is 17.1 Å². The van der Waals surface area contributed by atoms with E-state index in [4.69, 9.17) is 0 Å². The van der Waals surface area contributed by atoms with Crippen LogP contribution in [0.1, 0.15) is 78.4 Å². The fraction of sp³-hybridized carbons (Fsp3) is 0.320. The number of rotatable bonds is 4. The van der Waals surface area contributed by atoms with Crippen molar-refractivity contribution in [1.29, 1.82) is 0 Å². The molecule has 4 rings (SSSR count). The minimum Gasteiger partial charge on any atom is -0.289 e. The van der Waals surface area contributed by atoms with Gasteiger partial charge in [0.1, 0.15) is 0 Å². The summed E-state index contributed by atoms with van der Waals surface area (Å²) in [5, 5.41) is 0. The van der Waals surface area contributed by atoms with E-state index in [9.17, 15) is 4.79 Å². The Labute approximate surface area is 156 Å². The number of hydrogen-bond acceptors (Lipinski definition) is 1. The van der Waals surface area contributed by atoms with E-state index >= 15 is 0 Å². The molecule has 2 aromatic rings. The van der Waals surface area contributed by atoms with E-state index in [0.29, 0.717) is 0 Å². The molecule has 1 heteroatoms. The fourth-order valence-corrected chi connectivity index (χ4v) is 4.09. The minimum atomic E-state index is 0.126. The Bertz CT molecular complexity index is 798. The summed E-state index contributed by atoms with van der Waals surface area (Å²) in [6.07, 6.45) is 14.3. The van der Waals surface area contributed by atoms with Crippen molar-refractivity contribution in [3.05, 3.63) is 82.9 Å². The van der Waals surface area contributed by atoms with Gasteiger partial charge in [-0.25, -0.2) is 0 Å². The van der Waals surface area contributed by atoms with Gasteiger partial charge in [-0.1, -0.05) is 48.6 Å². The molecule has 0 saturated carbocycles. The van der Waals surface area contributed by atoms with Crippen LogP contribution in [0.15, 0.2) is 60.7 Å². The lowest BCUT2D eigenvalue weighted by Gasteiger charge is -2.15. The van der Waals surface area contributed by atoms with Gasteiger partial charge >= 0.3 is 0 Å². The van der Waals surface area contributed by atoms with E-state index in [1.807, 2.05) is 24.3 Å². The van der Waals surface area contributed by atoms with Gasteiger partial charge in [0.15, 0.2) is 5.78 Å². The van der Waals surface area contributed by atoms with Crippen LogP contribution in [-0.4, -0.2) is 5.78 Å². The molecule has 0 saturated heterocycles. The van der Waals surface area contributed by atoms with Crippen molar-refractivity contribution in [2.75, 3.05) is 0 Å². The number of allylic oxidation sites excluding steroid dienone is 4. The molecule has 0 amide bonds. The van der Waals surface area contributed by atoms with E-state index in [1.165, 1.54) is 48.0 Å². The fourth-order valence-electron chi connectivity index (χ4n) is 4.09. The SMILES string of the molecule is O=C(c1cccc(C2=CCCCC2)c1)c1cccc(C2=CCCCC2)c1. The van der Waals surface area contributed by atoms with Crippen molar-refractivity contribution in [1.82, 2.24) is 0 Å². The monoisotopic (exact) mass is 342 g/mol. The molecular formula is C25H26O. The van der Waals surface area contributed by atoms with E-state index in [2.05, 4.69) is 36.4 Å². The lowest BCUT2D eigenvalue weighted by Crippen LogP contribution is -2.03. The number of benzene rings is 2. The van der Waals surface area contributed by atoms with Crippen LogP contribution in [0.2, 0.25) is 0 Å². The second-order valence-corrected chi connectivity index (χ2v) is 7.44. The van der Waals surface area contributed by atoms with Gasteiger partial charge in [-0.15, -0.1) is 0 Å². The second-order valence-electron chi connectivity index (χ2n) is 7.44. The average molecular weight is 342 g/mol. The summed E-state index contributed by atoms with van der Waals surface area (Å²) < 4.78 is 0. The van der Waals surface area contributed by atoms with Crippen LogP contribution in [0.5, 0.6) is 0 Å². The first-order chi connectivity index (χ1) is 12.8. The molecular weight excluding hydrogens is 316 g/mol. The molecule has 0 unspecified atom stereocenters. The third kappa shape index (κ3) is 3.72. The number of carbonyl (C=O) groups is 1. The van der Waals surface area contributed by atoms with Crippen molar-refractivity contribution in [2.24, 2.45) is 0 Å². The summed E-state index contributed by atoms with van der Waals surface area (Å²) in [6, 6.07) is 16.4. The molecule has 0 radical (unpaired) electrons. The Morgan fingerprint density at radius 2 is 1.15 bits per heavy atom. The summed E-state index contributed by atoms with van der Waals surface area (Å²) >= 11 is 0. The molecule has 0 aromatic heterocycles. The quantitative estimate of drug-likeness (QED) is 0.556. The first-order valence-electron chi connectivity index (χ1n) is 9.95. The Balaban J connectivity index is 1.62. The van der Waals surface area contributed by atoms with Gasteiger partial charge < -0.3 is 0 Å². The highest BCUT2D eigenvalue weighted by atomic mass is 16.1. The first kappa shape index (κ1) is 17.0. The smallest absolute Gasteiger partial charge is 0.193 e. The largest absolute Gasteiger partial charge is 0.289 e. The van der Waals surface area contributed by atoms with Crippen LogP contribution in [0.4, 0.5) is 0 Å². The molecule has 0 spiro atoms. The molecule has 0 fully saturated rings. The number of carbonyl (C=O) groups excluding carboxylic acids is 1. The molecule has 26 heavy (non-hydrogen) atoms.